The normalized spacial score (nSPS) is 19.9. The summed E-state index contributed by atoms with van der Waals surface area (Å²) in [6, 6.07) is 0. The minimum atomic E-state index is -0.219. The maximum Gasteiger partial charge on any atom is 0.290 e. The second-order valence-corrected chi connectivity index (χ2v) is 4.02. The lowest BCUT2D eigenvalue weighted by Crippen LogP contribution is -2.27. The second kappa shape index (κ2) is 5.07. The first-order valence-corrected chi connectivity index (χ1v) is 5.50. The Bertz CT molecular complexity index is 357. The van der Waals surface area contributed by atoms with Gasteiger partial charge in [0.1, 0.15) is 5.82 Å². The predicted octanol–water partition coefficient (Wildman–Crippen LogP) is 0.270. The Hall–Kier alpha value is -1.43. The van der Waals surface area contributed by atoms with Crippen LogP contribution in [-0.2, 0) is 4.74 Å². The van der Waals surface area contributed by atoms with Gasteiger partial charge in [0, 0.05) is 19.8 Å². The summed E-state index contributed by atoms with van der Waals surface area (Å²) in [5, 5.41) is 9.23. The van der Waals surface area contributed by atoms with Crippen LogP contribution in [0.3, 0.4) is 0 Å². The van der Waals surface area contributed by atoms with Crippen LogP contribution in [-0.4, -0.2) is 40.8 Å². The van der Waals surface area contributed by atoms with Gasteiger partial charge in [-0.3, -0.25) is 9.89 Å². The van der Waals surface area contributed by atoms with Crippen molar-refractivity contribution in [2.24, 2.45) is 5.92 Å². The third kappa shape index (κ3) is 2.79. The van der Waals surface area contributed by atoms with Gasteiger partial charge in [0.05, 0.1) is 0 Å². The van der Waals surface area contributed by atoms with Crippen LogP contribution in [0.15, 0.2) is 0 Å². The van der Waals surface area contributed by atoms with Crippen LogP contribution in [0.2, 0.25) is 0 Å². The third-order valence-corrected chi connectivity index (χ3v) is 2.66. The SMILES string of the molecule is Cc1nc(C(=O)NCCC2CCOC2)n[nH]1. The van der Waals surface area contributed by atoms with E-state index in [1.165, 1.54) is 0 Å². The molecule has 2 N–H and O–H groups in total. The van der Waals surface area contributed by atoms with Crippen LogP contribution in [0.1, 0.15) is 29.3 Å². The van der Waals surface area contributed by atoms with Gasteiger partial charge < -0.3 is 10.1 Å². The molecule has 1 atom stereocenters. The number of aromatic nitrogens is 3. The van der Waals surface area contributed by atoms with Gasteiger partial charge in [-0.15, -0.1) is 5.10 Å². The van der Waals surface area contributed by atoms with Gasteiger partial charge in [0.25, 0.3) is 5.91 Å². The number of nitrogens with one attached hydrogen (secondary N) is 2. The molecule has 0 saturated carbocycles. The van der Waals surface area contributed by atoms with Crippen LogP contribution in [0.4, 0.5) is 0 Å². The largest absolute Gasteiger partial charge is 0.381 e. The standard InChI is InChI=1S/C10H16N4O2/c1-7-12-9(14-13-7)10(15)11-4-2-8-3-5-16-6-8/h8H,2-6H2,1H3,(H,11,15)(H,12,13,14). The van der Waals surface area contributed by atoms with E-state index in [0.29, 0.717) is 18.3 Å². The highest BCUT2D eigenvalue weighted by Gasteiger charge is 2.16. The fraction of sp³-hybridized carbons (Fsp3) is 0.700. The number of rotatable bonds is 4. The van der Waals surface area contributed by atoms with Crippen molar-refractivity contribution in [2.45, 2.75) is 19.8 Å². The van der Waals surface area contributed by atoms with E-state index in [1.807, 2.05) is 0 Å². The topological polar surface area (TPSA) is 79.9 Å². The summed E-state index contributed by atoms with van der Waals surface area (Å²) in [6.07, 6.45) is 2.05. The summed E-state index contributed by atoms with van der Waals surface area (Å²) in [5.41, 5.74) is 0. The van der Waals surface area contributed by atoms with Crippen molar-refractivity contribution in [1.82, 2.24) is 20.5 Å². The molecule has 88 valence electrons. The Balaban J connectivity index is 1.71. The van der Waals surface area contributed by atoms with E-state index < -0.39 is 0 Å². The number of carbonyl (C=O) groups excluding carboxylic acids is 1. The van der Waals surface area contributed by atoms with Crippen molar-refractivity contribution in [3.63, 3.8) is 0 Å². The molecule has 0 bridgehead atoms. The highest BCUT2D eigenvalue weighted by atomic mass is 16.5. The molecular formula is C10H16N4O2. The third-order valence-electron chi connectivity index (χ3n) is 2.66. The lowest BCUT2D eigenvalue weighted by atomic mass is 10.1. The predicted molar refractivity (Wildman–Crippen MR) is 57.0 cm³/mol. The zero-order chi connectivity index (χ0) is 11.4. The molecule has 1 aromatic heterocycles. The first-order valence-electron chi connectivity index (χ1n) is 5.50. The summed E-state index contributed by atoms with van der Waals surface area (Å²) in [7, 11) is 0. The van der Waals surface area contributed by atoms with Crippen molar-refractivity contribution in [1.29, 1.82) is 0 Å². The van der Waals surface area contributed by atoms with E-state index >= 15 is 0 Å². The molecule has 1 fully saturated rings. The molecule has 0 spiro atoms. The van der Waals surface area contributed by atoms with E-state index in [1.54, 1.807) is 6.92 Å². The first kappa shape index (κ1) is 11.1. The molecule has 1 amide bonds. The minimum Gasteiger partial charge on any atom is -0.381 e. The summed E-state index contributed by atoms with van der Waals surface area (Å²) < 4.78 is 5.26. The summed E-state index contributed by atoms with van der Waals surface area (Å²) >= 11 is 0. The molecule has 1 saturated heterocycles. The molecular weight excluding hydrogens is 208 g/mol. The van der Waals surface area contributed by atoms with E-state index in [-0.39, 0.29) is 11.7 Å². The van der Waals surface area contributed by atoms with Crippen LogP contribution in [0.25, 0.3) is 0 Å². The zero-order valence-corrected chi connectivity index (χ0v) is 9.32. The van der Waals surface area contributed by atoms with Gasteiger partial charge in [-0.25, -0.2) is 4.98 Å². The molecule has 1 aliphatic rings. The number of hydrogen-bond donors (Lipinski definition) is 2. The fourth-order valence-corrected chi connectivity index (χ4v) is 1.72. The quantitative estimate of drug-likeness (QED) is 0.769. The van der Waals surface area contributed by atoms with Gasteiger partial charge in [-0.1, -0.05) is 0 Å². The Morgan fingerprint density at radius 3 is 3.19 bits per heavy atom. The van der Waals surface area contributed by atoms with Crippen molar-refractivity contribution in [2.75, 3.05) is 19.8 Å². The van der Waals surface area contributed by atoms with Crippen LogP contribution < -0.4 is 5.32 Å². The molecule has 0 aromatic carbocycles. The molecule has 2 heterocycles. The van der Waals surface area contributed by atoms with Crippen LogP contribution in [0.5, 0.6) is 0 Å². The van der Waals surface area contributed by atoms with E-state index in [2.05, 4.69) is 20.5 Å². The fourth-order valence-electron chi connectivity index (χ4n) is 1.72. The lowest BCUT2D eigenvalue weighted by molar-refractivity contribution is 0.0940. The van der Waals surface area contributed by atoms with E-state index in [9.17, 15) is 4.79 Å². The number of hydrogen-bond acceptors (Lipinski definition) is 4. The molecule has 0 radical (unpaired) electrons. The van der Waals surface area contributed by atoms with Crippen LogP contribution >= 0.6 is 0 Å². The number of aromatic amines is 1. The molecule has 16 heavy (non-hydrogen) atoms. The van der Waals surface area contributed by atoms with Crippen molar-refractivity contribution < 1.29 is 9.53 Å². The number of ether oxygens (including phenoxy) is 1. The maximum atomic E-state index is 11.5. The maximum absolute atomic E-state index is 11.5. The van der Waals surface area contributed by atoms with Gasteiger partial charge >= 0.3 is 0 Å². The molecule has 0 aliphatic carbocycles. The second-order valence-electron chi connectivity index (χ2n) is 4.02. The number of H-pyrrole nitrogens is 1. The lowest BCUT2D eigenvalue weighted by Gasteiger charge is -2.07. The zero-order valence-electron chi connectivity index (χ0n) is 9.32. The molecule has 2 rings (SSSR count). The van der Waals surface area contributed by atoms with Gasteiger partial charge in [-0.05, 0) is 25.7 Å². The average molecular weight is 224 g/mol. The Morgan fingerprint density at radius 2 is 2.56 bits per heavy atom. The van der Waals surface area contributed by atoms with Crippen molar-refractivity contribution in [3.05, 3.63) is 11.6 Å². The van der Waals surface area contributed by atoms with E-state index in [0.717, 1.165) is 26.1 Å². The number of carbonyl (C=O) groups is 1. The summed E-state index contributed by atoms with van der Waals surface area (Å²) in [5.74, 6) is 1.21. The molecule has 1 unspecified atom stereocenters. The first-order chi connectivity index (χ1) is 7.75. The smallest absolute Gasteiger partial charge is 0.290 e. The molecule has 6 heteroatoms. The molecule has 1 aromatic rings. The van der Waals surface area contributed by atoms with Gasteiger partial charge in [0.15, 0.2) is 0 Å². The number of nitrogens with zero attached hydrogens (tertiary/aromatic N) is 2. The monoisotopic (exact) mass is 224 g/mol. The minimum absolute atomic E-state index is 0.208. The Kier molecular flexibility index (Phi) is 3.51. The Labute approximate surface area is 93.8 Å². The van der Waals surface area contributed by atoms with Crippen molar-refractivity contribution in [3.8, 4) is 0 Å². The Morgan fingerprint density at radius 1 is 1.69 bits per heavy atom. The number of amides is 1. The summed E-state index contributed by atoms with van der Waals surface area (Å²) in [6.45, 7) is 4.08. The van der Waals surface area contributed by atoms with Crippen LogP contribution in [0, 0.1) is 12.8 Å². The van der Waals surface area contributed by atoms with Gasteiger partial charge in [-0.2, -0.15) is 0 Å². The highest BCUT2D eigenvalue weighted by molar-refractivity contribution is 5.90. The molecule has 1 aliphatic heterocycles. The average Bonchev–Trinajstić information content (AvgIpc) is 2.89. The number of aryl methyl sites for hydroxylation is 1. The van der Waals surface area contributed by atoms with Gasteiger partial charge in [0.2, 0.25) is 5.82 Å². The van der Waals surface area contributed by atoms with Crippen molar-refractivity contribution >= 4 is 5.91 Å². The summed E-state index contributed by atoms with van der Waals surface area (Å²) in [4.78, 5) is 15.5. The highest BCUT2D eigenvalue weighted by Crippen LogP contribution is 2.15. The van der Waals surface area contributed by atoms with E-state index in [4.69, 9.17) is 4.74 Å². The molecule has 6 nitrogen and oxygen atoms in total.